The highest BCUT2D eigenvalue weighted by Gasteiger charge is 2.11. The molecule has 1 aliphatic rings. The van der Waals surface area contributed by atoms with Gasteiger partial charge < -0.3 is 19.7 Å². The van der Waals surface area contributed by atoms with E-state index in [0.29, 0.717) is 6.54 Å². The number of hydrogen-bond donors (Lipinski definition) is 1. The van der Waals surface area contributed by atoms with Crippen LogP contribution in [0.25, 0.3) is 0 Å². The molecule has 1 saturated heterocycles. The van der Waals surface area contributed by atoms with E-state index in [-0.39, 0.29) is 24.0 Å². The first kappa shape index (κ1) is 25.4. The third-order valence-corrected chi connectivity index (χ3v) is 5.22. The lowest BCUT2D eigenvalue weighted by Gasteiger charge is -2.26. The van der Waals surface area contributed by atoms with Gasteiger partial charge in [-0.1, -0.05) is 36.4 Å². The zero-order chi connectivity index (χ0) is 21.2. The van der Waals surface area contributed by atoms with Gasteiger partial charge in [0.15, 0.2) is 5.96 Å². The van der Waals surface area contributed by atoms with Gasteiger partial charge in [-0.2, -0.15) is 0 Å². The van der Waals surface area contributed by atoms with E-state index in [0.717, 1.165) is 57.6 Å². The summed E-state index contributed by atoms with van der Waals surface area (Å²) in [6, 6.07) is 17.0. The Bertz CT molecular complexity index is 790. The van der Waals surface area contributed by atoms with E-state index in [9.17, 15) is 0 Å². The third kappa shape index (κ3) is 8.31. The molecule has 31 heavy (non-hydrogen) atoms. The van der Waals surface area contributed by atoms with E-state index in [1.807, 2.05) is 12.1 Å². The van der Waals surface area contributed by atoms with Crippen LogP contribution in [0.4, 0.5) is 0 Å². The van der Waals surface area contributed by atoms with Gasteiger partial charge in [0.05, 0.1) is 26.9 Å². The Morgan fingerprint density at radius 2 is 1.65 bits per heavy atom. The van der Waals surface area contributed by atoms with Gasteiger partial charge in [-0.25, -0.2) is 4.99 Å². The molecular weight excluding hydrogens is 503 g/mol. The van der Waals surface area contributed by atoms with Crippen molar-refractivity contribution < 1.29 is 9.47 Å². The molecule has 1 N–H and O–H groups in total. The molecule has 0 saturated carbocycles. The number of hydrogen-bond acceptors (Lipinski definition) is 4. The number of halogens is 1. The molecule has 0 unspecified atom stereocenters. The van der Waals surface area contributed by atoms with E-state index in [1.165, 1.54) is 16.7 Å². The molecule has 1 fully saturated rings. The highest BCUT2D eigenvalue weighted by atomic mass is 127. The first-order valence-electron chi connectivity index (χ1n) is 10.7. The fourth-order valence-corrected chi connectivity index (χ4v) is 3.48. The van der Waals surface area contributed by atoms with E-state index >= 15 is 0 Å². The molecule has 0 bridgehead atoms. The molecule has 0 spiro atoms. The van der Waals surface area contributed by atoms with Gasteiger partial charge in [-0.3, -0.25) is 4.90 Å². The van der Waals surface area contributed by atoms with E-state index < -0.39 is 0 Å². The second-order valence-electron chi connectivity index (χ2n) is 7.58. The highest BCUT2D eigenvalue weighted by Crippen LogP contribution is 2.13. The second-order valence-corrected chi connectivity index (χ2v) is 7.58. The van der Waals surface area contributed by atoms with Crippen molar-refractivity contribution >= 4 is 29.9 Å². The maximum Gasteiger partial charge on any atom is 0.194 e. The van der Waals surface area contributed by atoms with Gasteiger partial charge in [0.2, 0.25) is 0 Å². The number of aliphatic imine (C=N–C) groups is 1. The Morgan fingerprint density at radius 1 is 1.03 bits per heavy atom. The van der Waals surface area contributed by atoms with Crippen LogP contribution >= 0.6 is 24.0 Å². The summed E-state index contributed by atoms with van der Waals surface area (Å²) in [6.45, 7) is 9.06. The van der Waals surface area contributed by atoms with Crippen LogP contribution in [0.2, 0.25) is 0 Å². The van der Waals surface area contributed by atoms with Crippen LogP contribution < -0.4 is 10.1 Å². The van der Waals surface area contributed by atoms with Crippen molar-refractivity contribution in [3.8, 4) is 5.75 Å². The smallest absolute Gasteiger partial charge is 0.194 e. The van der Waals surface area contributed by atoms with Crippen molar-refractivity contribution in [1.82, 2.24) is 15.1 Å². The van der Waals surface area contributed by atoms with Crippen LogP contribution in [-0.4, -0.2) is 62.8 Å². The number of nitrogens with zero attached hydrogens (tertiary/aromatic N) is 3. The minimum atomic E-state index is 0. The van der Waals surface area contributed by atoms with Crippen LogP contribution in [0.3, 0.4) is 0 Å². The summed E-state index contributed by atoms with van der Waals surface area (Å²) in [7, 11) is 3.75. The standard InChI is InChI=1S/C24H34N4O2.HI/c1-4-25-24(27(2)18-21-9-11-23(29-3)12-10-21)26-17-20-5-7-22(8-6-20)19-28-13-15-30-16-14-28;/h5-12H,4,13-19H2,1-3H3,(H,25,26);1H. The molecule has 3 rings (SSSR count). The Morgan fingerprint density at radius 3 is 2.26 bits per heavy atom. The third-order valence-electron chi connectivity index (χ3n) is 5.22. The van der Waals surface area contributed by atoms with Crippen LogP contribution in [0.15, 0.2) is 53.5 Å². The maximum absolute atomic E-state index is 5.43. The predicted molar refractivity (Wildman–Crippen MR) is 137 cm³/mol. The Hall–Kier alpha value is -1.84. The second kappa shape index (κ2) is 13.5. The maximum atomic E-state index is 5.43. The quantitative estimate of drug-likeness (QED) is 0.316. The van der Waals surface area contributed by atoms with Crippen LogP contribution in [0.1, 0.15) is 23.6 Å². The summed E-state index contributed by atoms with van der Waals surface area (Å²) < 4.78 is 10.7. The average Bonchev–Trinajstić information content (AvgIpc) is 2.79. The molecule has 2 aromatic rings. The predicted octanol–water partition coefficient (Wildman–Crippen LogP) is 3.74. The van der Waals surface area contributed by atoms with Crippen LogP contribution in [0, 0.1) is 0 Å². The van der Waals surface area contributed by atoms with E-state index in [4.69, 9.17) is 14.5 Å². The molecule has 0 aromatic heterocycles. The molecule has 7 heteroatoms. The molecule has 0 aliphatic carbocycles. The Labute approximate surface area is 203 Å². The van der Waals surface area contributed by atoms with E-state index in [2.05, 4.69) is 65.5 Å². The number of rotatable bonds is 8. The summed E-state index contributed by atoms with van der Waals surface area (Å²) in [5.41, 5.74) is 3.78. The minimum absolute atomic E-state index is 0. The first-order chi connectivity index (χ1) is 14.7. The lowest BCUT2D eigenvalue weighted by Crippen LogP contribution is -2.38. The normalized spacial score (nSPS) is 14.6. The molecule has 1 aliphatic heterocycles. The minimum Gasteiger partial charge on any atom is -0.497 e. The van der Waals surface area contributed by atoms with Crippen molar-refractivity contribution in [3.63, 3.8) is 0 Å². The molecule has 0 amide bonds. The van der Waals surface area contributed by atoms with Crippen LogP contribution in [0.5, 0.6) is 5.75 Å². The molecule has 0 atom stereocenters. The van der Waals surface area contributed by atoms with Gasteiger partial charge in [-0.05, 0) is 35.7 Å². The number of ether oxygens (including phenoxy) is 2. The Balaban J connectivity index is 0.00000341. The van der Waals surface area contributed by atoms with Crippen molar-refractivity contribution in [1.29, 1.82) is 0 Å². The molecule has 6 nitrogen and oxygen atoms in total. The number of benzene rings is 2. The van der Waals surface area contributed by atoms with Crippen molar-refractivity contribution in [2.24, 2.45) is 4.99 Å². The molecule has 2 aromatic carbocycles. The lowest BCUT2D eigenvalue weighted by molar-refractivity contribution is 0.0342. The fourth-order valence-electron chi connectivity index (χ4n) is 3.48. The van der Waals surface area contributed by atoms with Gasteiger partial charge in [0.25, 0.3) is 0 Å². The van der Waals surface area contributed by atoms with Gasteiger partial charge >= 0.3 is 0 Å². The van der Waals surface area contributed by atoms with Crippen LogP contribution in [-0.2, 0) is 24.4 Å². The van der Waals surface area contributed by atoms with Gasteiger partial charge in [0, 0.05) is 39.8 Å². The molecule has 1 heterocycles. The number of guanidine groups is 1. The zero-order valence-electron chi connectivity index (χ0n) is 18.8. The summed E-state index contributed by atoms with van der Waals surface area (Å²) in [6.07, 6.45) is 0. The first-order valence-corrected chi connectivity index (χ1v) is 10.7. The summed E-state index contributed by atoms with van der Waals surface area (Å²) in [5.74, 6) is 1.78. The monoisotopic (exact) mass is 538 g/mol. The SMILES string of the molecule is CCNC(=NCc1ccc(CN2CCOCC2)cc1)N(C)Cc1ccc(OC)cc1.I. The highest BCUT2D eigenvalue weighted by molar-refractivity contribution is 14.0. The van der Waals surface area contributed by atoms with Crippen molar-refractivity contribution in [2.75, 3.05) is 47.0 Å². The summed E-state index contributed by atoms with van der Waals surface area (Å²) >= 11 is 0. The summed E-state index contributed by atoms with van der Waals surface area (Å²) in [5, 5.41) is 3.39. The lowest BCUT2D eigenvalue weighted by atomic mass is 10.1. The Kier molecular flexibility index (Phi) is 11.1. The number of methoxy groups -OCH3 is 1. The van der Waals surface area contributed by atoms with E-state index in [1.54, 1.807) is 7.11 Å². The fraction of sp³-hybridized carbons (Fsp3) is 0.458. The largest absolute Gasteiger partial charge is 0.497 e. The topological polar surface area (TPSA) is 49.3 Å². The van der Waals surface area contributed by atoms with Crippen molar-refractivity contribution in [2.45, 2.75) is 26.6 Å². The van der Waals surface area contributed by atoms with Gasteiger partial charge in [-0.15, -0.1) is 24.0 Å². The number of morpholine rings is 1. The molecular formula is C24H35IN4O2. The number of nitrogens with one attached hydrogen (secondary N) is 1. The van der Waals surface area contributed by atoms with Gasteiger partial charge in [0.1, 0.15) is 5.75 Å². The summed E-state index contributed by atoms with van der Waals surface area (Å²) in [4.78, 5) is 9.43. The molecule has 0 radical (unpaired) electrons. The zero-order valence-corrected chi connectivity index (χ0v) is 21.2. The molecule has 170 valence electrons. The average molecular weight is 538 g/mol. The van der Waals surface area contributed by atoms with Crippen molar-refractivity contribution in [3.05, 3.63) is 65.2 Å².